The predicted molar refractivity (Wildman–Crippen MR) is 117 cm³/mol. The Morgan fingerprint density at radius 1 is 1.04 bits per heavy atom. The lowest BCUT2D eigenvalue weighted by Crippen LogP contribution is -2.24. The molecule has 0 spiro atoms. The van der Waals surface area contributed by atoms with E-state index in [0.717, 1.165) is 32.0 Å². The van der Waals surface area contributed by atoms with Crippen molar-refractivity contribution >= 4 is 41.0 Å². The van der Waals surface area contributed by atoms with Crippen molar-refractivity contribution in [1.29, 1.82) is 0 Å². The van der Waals surface area contributed by atoms with Crippen molar-refractivity contribution in [2.24, 2.45) is 0 Å². The van der Waals surface area contributed by atoms with Crippen molar-refractivity contribution in [3.63, 3.8) is 0 Å². The summed E-state index contributed by atoms with van der Waals surface area (Å²) in [5.41, 5.74) is 3.36. The van der Waals surface area contributed by atoms with E-state index < -0.39 is 0 Å². The Morgan fingerprint density at radius 3 is 2.50 bits per heavy atom. The van der Waals surface area contributed by atoms with Gasteiger partial charge in [-0.2, -0.15) is 0 Å². The molecule has 0 aliphatic rings. The maximum Gasteiger partial charge on any atom is 0.230 e. The molecule has 0 atom stereocenters. The number of rotatable bonds is 8. The summed E-state index contributed by atoms with van der Waals surface area (Å²) in [6.45, 7) is 2.57. The number of nitrogens with zero attached hydrogens (tertiary/aromatic N) is 2. The summed E-state index contributed by atoms with van der Waals surface area (Å²) in [4.78, 5) is 20.6. The van der Waals surface area contributed by atoms with Crippen LogP contribution in [0.5, 0.6) is 0 Å². The highest BCUT2D eigenvalue weighted by Gasteiger charge is 2.07. The van der Waals surface area contributed by atoms with Crippen LogP contribution >= 0.6 is 35.1 Å². The number of nitrogens with one attached hydrogen (secondary N) is 1. The van der Waals surface area contributed by atoms with Gasteiger partial charge in [-0.15, -0.1) is 11.8 Å². The third-order valence-electron chi connectivity index (χ3n) is 3.91. The maximum absolute atomic E-state index is 12.1. The molecule has 0 fully saturated rings. The van der Waals surface area contributed by atoms with E-state index in [0.29, 0.717) is 12.3 Å². The van der Waals surface area contributed by atoms with Gasteiger partial charge in [-0.3, -0.25) is 4.79 Å². The van der Waals surface area contributed by atoms with Gasteiger partial charge in [0.1, 0.15) is 16.4 Å². The Hall–Kier alpha value is -2.02. The van der Waals surface area contributed by atoms with Crippen molar-refractivity contribution in [3.8, 4) is 0 Å². The standard InChI is InChI=1S/C21H20ClN3OS2/c1-15-6-8-16(9-7-15)11-23-19(26)13-28-21-10-20(24-14-25-21)27-12-17-4-2-3-5-18(17)22/h2-10,14H,11-13H2,1H3,(H,23,26). The van der Waals surface area contributed by atoms with Crippen LogP contribution < -0.4 is 5.32 Å². The number of aryl methyl sites for hydroxylation is 1. The summed E-state index contributed by atoms with van der Waals surface area (Å²) in [7, 11) is 0. The minimum absolute atomic E-state index is 0.0190. The number of halogens is 1. The zero-order valence-electron chi connectivity index (χ0n) is 15.4. The molecule has 0 bridgehead atoms. The van der Waals surface area contributed by atoms with Gasteiger partial charge in [0.05, 0.1) is 5.75 Å². The van der Waals surface area contributed by atoms with Crippen LogP contribution in [-0.2, 0) is 17.1 Å². The van der Waals surface area contributed by atoms with E-state index in [2.05, 4.69) is 15.3 Å². The second-order valence-electron chi connectivity index (χ2n) is 6.13. The molecule has 3 aromatic rings. The monoisotopic (exact) mass is 429 g/mol. The summed E-state index contributed by atoms with van der Waals surface area (Å²) in [6, 6.07) is 17.8. The highest BCUT2D eigenvalue weighted by molar-refractivity contribution is 8.00. The van der Waals surface area contributed by atoms with Gasteiger partial charge in [-0.05, 0) is 24.1 Å². The van der Waals surface area contributed by atoms with Crippen LogP contribution in [0.1, 0.15) is 16.7 Å². The lowest BCUT2D eigenvalue weighted by atomic mass is 10.1. The zero-order chi connectivity index (χ0) is 19.8. The Balaban J connectivity index is 1.46. The molecule has 0 unspecified atom stereocenters. The first-order chi connectivity index (χ1) is 13.6. The number of amides is 1. The van der Waals surface area contributed by atoms with E-state index in [1.54, 1.807) is 11.8 Å². The van der Waals surface area contributed by atoms with Crippen molar-refractivity contribution in [2.45, 2.75) is 29.3 Å². The van der Waals surface area contributed by atoms with Crippen LogP contribution in [0, 0.1) is 6.92 Å². The van der Waals surface area contributed by atoms with E-state index in [4.69, 9.17) is 11.6 Å². The number of carbonyl (C=O) groups excluding carboxylic acids is 1. The summed E-state index contributed by atoms with van der Waals surface area (Å²) in [5.74, 6) is 1.03. The van der Waals surface area contributed by atoms with Gasteiger partial charge < -0.3 is 5.32 Å². The number of hydrogen-bond acceptors (Lipinski definition) is 5. The van der Waals surface area contributed by atoms with Crippen molar-refractivity contribution in [2.75, 3.05) is 5.75 Å². The first-order valence-electron chi connectivity index (χ1n) is 8.73. The highest BCUT2D eigenvalue weighted by Crippen LogP contribution is 2.27. The molecule has 0 saturated carbocycles. The van der Waals surface area contributed by atoms with Crippen LogP contribution in [0.15, 0.2) is 71.0 Å². The van der Waals surface area contributed by atoms with Gasteiger partial charge >= 0.3 is 0 Å². The molecule has 28 heavy (non-hydrogen) atoms. The van der Waals surface area contributed by atoms with Crippen molar-refractivity contribution in [3.05, 3.63) is 82.6 Å². The van der Waals surface area contributed by atoms with Crippen LogP contribution in [-0.4, -0.2) is 21.6 Å². The minimum atomic E-state index is -0.0190. The molecule has 0 aliphatic carbocycles. The van der Waals surface area contributed by atoms with Crippen molar-refractivity contribution in [1.82, 2.24) is 15.3 Å². The molecule has 3 rings (SSSR count). The predicted octanol–water partition coefficient (Wildman–Crippen LogP) is 5.14. The Morgan fingerprint density at radius 2 is 1.75 bits per heavy atom. The smallest absolute Gasteiger partial charge is 0.230 e. The molecule has 1 N–H and O–H groups in total. The molecule has 1 amide bonds. The molecule has 0 aliphatic heterocycles. The lowest BCUT2D eigenvalue weighted by molar-refractivity contribution is -0.118. The van der Waals surface area contributed by atoms with Gasteiger partial charge in [-0.1, -0.05) is 71.4 Å². The quantitative estimate of drug-likeness (QED) is 0.397. The zero-order valence-corrected chi connectivity index (χ0v) is 17.8. The maximum atomic E-state index is 12.1. The molecule has 1 heterocycles. The number of benzene rings is 2. The second kappa shape index (κ2) is 10.5. The van der Waals surface area contributed by atoms with E-state index >= 15 is 0 Å². The molecular formula is C21H20ClN3OS2. The minimum Gasteiger partial charge on any atom is -0.351 e. The lowest BCUT2D eigenvalue weighted by Gasteiger charge is -2.07. The summed E-state index contributed by atoms with van der Waals surface area (Å²) < 4.78 is 0. The van der Waals surface area contributed by atoms with E-state index in [1.165, 1.54) is 23.7 Å². The molecular weight excluding hydrogens is 410 g/mol. The van der Waals surface area contributed by atoms with E-state index in [9.17, 15) is 4.79 Å². The SMILES string of the molecule is Cc1ccc(CNC(=O)CSc2cc(SCc3ccccc3Cl)ncn2)cc1. The first kappa shape index (κ1) is 20.7. The van der Waals surface area contributed by atoms with Gasteiger partial charge in [0.25, 0.3) is 0 Å². The topological polar surface area (TPSA) is 54.9 Å². The van der Waals surface area contributed by atoms with E-state index in [1.807, 2.05) is 61.5 Å². The third kappa shape index (κ3) is 6.55. The van der Waals surface area contributed by atoms with Crippen LogP contribution in [0.25, 0.3) is 0 Å². The number of carbonyl (C=O) groups is 1. The average molecular weight is 430 g/mol. The van der Waals surface area contributed by atoms with Gasteiger partial charge in [0.2, 0.25) is 5.91 Å². The molecule has 1 aromatic heterocycles. The third-order valence-corrected chi connectivity index (χ3v) is 6.18. The fourth-order valence-electron chi connectivity index (χ4n) is 2.34. The molecule has 4 nitrogen and oxygen atoms in total. The number of aromatic nitrogens is 2. The van der Waals surface area contributed by atoms with Gasteiger partial charge in [0, 0.05) is 23.4 Å². The fourth-order valence-corrected chi connectivity index (χ4v) is 4.27. The molecule has 0 saturated heterocycles. The molecule has 2 aromatic carbocycles. The summed E-state index contributed by atoms with van der Waals surface area (Å²) >= 11 is 9.19. The van der Waals surface area contributed by atoms with Crippen molar-refractivity contribution < 1.29 is 4.79 Å². The van der Waals surface area contributed by atoms with E-state index in [-0.39, 0.29) is 5.91 Å². The summed E-state index contributed by atoms with van der Waals surface area (Å²) in [6.07, 6.45) is 1.53. The average Bonchev–Trinajstić information content (AvgIpc) is 2.71. The molecule has 0 radical (unpaired) electrons. The first-order valence-corrected chi connectivity index (χ1v) is 11.1. The number of hydrogen-bond donors (Lipinski definition) is 1. The molecule has 7 heteroatoms. The fraction of sp³-hybridized carbons (Fsp3) is 0.190. The second-order valence-corrected chi connectivity index (χ2v) is 8.52. The van der Waals surface area contributed by atoms with Gasteiger partial charge in [0.15, 0.2) is 0 Å². The van der Waals surface area contributed by atoms with Crippen LogP contribution in [0.4, 0.5) is 0 Å². The summed E-state index contributed by atoms with van der Waals surface area (Å²) in [5, 5.41) is 5.33. The Kier molecular flexibility index (Phi) is 7.77. The Bertz CT molecular complexity index is 935. The largest absolute Gasteiger partial charge is 0.351 e. The van der Waals surface area contributed by atoms with Gasteiger partial charge in [-0.25, -0.2) is 9.97 Å². The molecule has 144 valence electrons. The highest BCUT2D eigenvalue weighted by atomic mass is 35.5. The van der Waals surface area contributed by atoms with Crippen LogP contribution in [0.2, 0.25) is 5.02 Å². The Labute approximate surface area is 178 Å². The normalized spacial score (nSPS) is 10.6. The van der Waals surface area contributed by atoms with Crippen LogP contribution in [0.3, 0.4) is 0 Å². The number of thioether (sulfide) groups is 2.